The molecule has 4 aliphatic rings. The molecule has 2 spiro atoms. The molecule has 6 rings (SSSR count). The van der Waals surface area contributed by atoms with Gasteiger partial charge in [-0.25, -0.2) is 30.4 Å². The van der Waals surface area contributed by atoms with Crippen molar-refractivity contribution in [3.63, 3.8) is 0 Å². The molecule has 254 valence electrons. The minimum absolute atomic E-state index is 0.0349. The maximum absolute atomic E-state index is 12.8. The number of rotatable bonds is 9. The van der Waals surface area contributed by atoms with Crippen molar-refractivity contribution in [1.82, 2.24) is 8.61 Å². The molecule has 0 aliphatic carbocycles. The fourth-order valence-corrected chi connectivity index (χ4v) is 13.2. The smallest absolute Gasteiger partial charge is 0.253 e. The van der Waals surface area contributed by atoms with E-state index >= 15 is 0 Å². The predicted octanol–water partition coefficient (Wildman–Crippen LogP) is 1.28. The highest BCUT2D eigenvalue weighted by atomic mass is 35.5. The zero-order valence-electron chi connectivity index (χ0n) is 24.4. The average Bonchev–Trinajstić information content (AvgIpc) is 3.77. The van der Waals surface area contributed by atoms with E-state index in [2.05, 4.69) is 0 Å². The van der Waals surface area contributed by atoms with Gasteiger partial charge in [0.2, 0.25) is 21.6 Å². The summed E-state index contributed by atoms with van der Waals surface area (Å²) in [5.74, 6) is -2.30. The number of thiophene rings is 2. The Kier molecular flexibility index (Phi) is 10.7. The summed E-state index contributed by atoms with van der Waals surface area (Å²) in [5, 5.41) is 5.15. The number of sulfonamides is 3. The van der Waals surface area contributed by atoms with Crippen LogP contribution in [-0.2, 0) is 70.1 Å². The van der Waals surface area contributed by atoms with Gasteiger partial charge in [-0.05, 0) is 25.0 Å². The Morgan fingerprint density at radius 1 is 0.822 bits per heavy atom. The molecule has 0 bridgehead atoms. The first-order valence-electron chi connectivity index (χ1n) is 13.7. The summed E-state index contributed by atoms with van der Waals surface area (Å²) in [6, 6.07) is 2.88. The van der Waals surface area contributed by atoms with Crippen LogP contribution in [0.5, 0.6) is 0 Å². The van der Waals surface area contributed by atoms with E-state index < -0.39 is 41.6 Å². The Morgan fingerprint density at radius 2 is 1.24 bits per heavy atom. The van der Waals surface area contributed by atoms with Gasteiger partial charge in [0, 0.05) is 51.6 Å². The maximum Gasteiger partial charge on any atom is 0.253 e. The Morgan fingerprint density at radius 3 is 1.67 bits per heavy atom. The molecule has 15 nitrogen and oxygen atoms in total. The summed E-state index contributed by atoms with van der Waals surface area (Å²) in [6.07, 6.45) is 1.11. The van der Waals surface area contributed by atoms with Crippen molar-refractivity contribution in [1.29, 1.82) is 0 Å². The first kappa shape index (κ1) is 35.5. The standard InChI is InChI=1S/C12H16ClNO5S2.C12H18N2O7S3/c1-17-4-2-3-14-8-12(18-5-6-19-12)9-7-10(13)20-11(9)21(14,15)16;1-19-4-2-3-14-8-12(20-5-6-21-12)9-7-10(23(13,15)16)22-11(9)24(14,17)18/h7H,2-6,8H2,1H3;7H,2-6,8H2,1H3,(H2,13,15,16). The first-order valence-corrected chi connectivity index (χ1v) is 20.1. The van der Waals surface area contributed by atoms with Crippen LogP contribution in [0.2, 0.25) is 4.34 Å². The quantitative estimate of drug-likeness (QED) is 0.362. The summed E-state index contributed by atoms with van der Waals surface area (Å²) in [5.41, 5.74) is 0.731. The molecule has 2 fully saturated rings. The third-order valence-corrected chi connectivity index (χ3v) is 15.9. The van der Waals surface area contributed by atoms with Crippen molar-refractivity contribution in [3.05, 3.63) is 27.6 Å². The van der Waals surface area contributed by atoms with Gasteiger partial charge in [0.15, 0.2) is 0 Å². The van der Waals surface area contributed by atoms with E-state index in [0.29, 0.717) is 80.3 Å². The topological polar surface area (TPSA) is 190 Å². The molecule has 2 N–H and O–H groups in total. The van der Waals surface area contributed by atoms with Gasteiger partial charge in [-0.3, -0.25) is 0 Å². The lowest BCUT2D eigenvalue weighted by atomic mass is 10.1. The summed E-state index contributed by atoms with van der Waals surface area (Å²) < 4.78 is 110. The van der Waals surface area contributed by atoms with Crippen molar-refractivity contribution in [2.75, 3.05) is 80.0 Å². The third kappa shape index (κ3) is 6.88. The molecule has 4 aliphatic heterocycles. The van der Waals surface area contributed by atoms with Crippen molar-refractivity contribution < 1.29 is 53.7 Å². The summed E-state index contributed by atoms with van der Waals surface area (Å²) >= 11 is 7.68. The zero-order valence-corrected chi connectivity index (χ0v) is 29.3. The van der Waals surface area contributed by atoms with E-state index in [1.165, 1.54) is 21.8 Å². The molecule has 0 saturated carbocycles. The number of ether oxygens (including phenoxy) is 6. The third-order valence-electron chi connectivity index (χ3n) is 7.38. The largest absolute Gasteiger partial charge is 0.385 e. The monoisotopic (exact) mass is 751 g/mol. The van der Waals surface area contributed by atoms with Gasteiger partial charge in [-0.2, -0.15) is 8.61 Å². The number of hydrogen-bond acceptors (Lipinski definition) is 14. The van der Waals surface area contributed by atoms with Gasteiger partial charge in [-0.15, -0.1) is 22.7 Å². The molecule has 6 heterocycles. The molecule has 0 radical (unpaired) electrons. The minimum atomic E-state index is -4.03. The lowest BCUT2D eigenvalue weighted by molar-refractivity contribution is -0.175. The fourth-order valence-electron chi connectivity index (χ4n) is 5.36. The number of nitrogens with two attached hydrogens (primary N) is 1. The number of fused-ring (bicyclic) bond motifs is 4. The molecule has 0 aromatic carbocycles. The summed E-state index contributed by atoms with van der Waals surface area (Å²) in [4.78, 5) is 0. The van der Waals surface area contributed by atoms with Crippen LogP contribution < -0.4 is 5.14 Å². The first-order chi connectivity index (χ1) is 21.2. The highest BCUT2D eigenvalue weighted by Gasteiger charge is 2.53. The second-order valence-electron chi connectivity index (χ2n) is 10.3. The van der Waals surface area contributed by atoms with E-state index in [0.717, 1.165) is 11.3 Å². The maximum atomic E-state index is 12.8. The lowest BCUT2D eigenvalue weighted by Gasteiger charge is -2.37. The van der Waals surface area contributed by atoms with Crippen molar-refractivity contribution >= 4 is 64.3 Å². The second kappa shape index (κ2) is 13.6. The zero-order chi connectivity index (χ0) is 32.7. The number of nitrogens with zero attached hydrogens (tertiary/aromatic N) is 2. The van der Waals surface area contributed by atoms with Gasteiger partial charge < -0.3 is 28.4 Å². The van der Waals surface area contributed by atoms with Gasteiger partial charge in [0.25, 0.3) is 20.0 Å². The number of hydrogen-bond donors (Lipinski definition) is 1. The molecular weight excluding hydrogens is 718 g/mol. The van der Waals surface area contributed by atoms with Crippen molar-refractivity contribution in [2.24, 2.45) is 5.14 Å². The van der Waals surface area contributed by atoms with E-state index in [1.807, 2.05) is 0 Å². The molecular formula is C24H34ClN3O12S5. The molecule has 45 heavy (non-hydrogen) atoms. The van der Waals surface area contributed by atoms with Crippen molar-refractivity contribution in [2.45, 2.75) is 37.0 Å². The van der Waals surface area contributed by atoms with Crippen LogP contribution in [0.3, 0.4) is 0 Å². The highest BCUT2D eigenvalue weighted by molar-refractivity contribution is 7.94. The Hall–Kier alpha value is -0.820. The molecule has 0 atom stereocenters. The van der Waals surface area contributed by atoms with Crippen LogP contribution in [0.25, 0.3) is 0 Å². The molecule has 2 aromatic rings. The molecule has 0 amide bonds. The van der Waals surface area contributed by atoms with Gasteiger partial charge in [0.1, 0.15) is 12.6 Å². The van der Waals surface area contributed by atoms with Gasteiger partial charge in [-0.1, -0.05) is 11.6 Å². The molecule has 2 aromatic heterocycles. The van der Waals surface area contributed by atoms with Crippen LogP contribution in [-0.4, -0.2) is 114 Å². The number of methoxy groups -OCH3 is 2. The van der Waals surface area contributed by atoms with Gasteiger partial charge in [0.05, 0.1) is 43.9 Å². The van der Waals surface area contributed by atoms with E-state index in [-0.39, 0.29) is 37.8 Å². The SMILES string of the molecule is COCCCN1CC2(OCCO2)c2cc(Cl)sc2S1(=O)=O.COCCCN1CC2(OCCO2)c2cc(S(N)(=O)=O)sc2S1(=O)=O. The average molecular weight is 752 g/mol. The normalized spacial score (nSPS) is 23.1. The number of primary sulfonamides is 1. The summed E-state index contributed by atoms with van der Waals surface area (Å²) in [6.45, 7) is 3.08. The van der Waals surface area contributed by atoms with Crippen molar-refractivity contribution in [3.8, 4) is 0 Å². The van der Waals surface area contributed by atoms with Crippen LogP contribution in [0, 0.1) is 0 Å². The summed E-state index contributed by atoms with van der Waals surface area (Å²) in [7, 11) is -8.31. The van der Waals surface area contributed by atoms with E-state index in [4.69, 9.17) is 45.2 Å². The van der Waals surface area contributed by atoms with Crippen LogP contribution in [0.1, 0.15) is 24.0 Å². The predicted molar refractivity (Wildman–Crippen MR) is 163 cm³/mol. The van der Waals surface area contributed by atoms with Crippen LogP contribution in [0.15, 0.2) is 24.8 Å². The van der Waals surface area contributed by atoms with Gasteiger partial charge >= 0.3 is 0 Å². The minimum Gasteiger partial charge on any atom is -0.385 e. The molecule has 0 unspecified atom stereocenters. The van der Waals surface area contributed by atoms with Crippen LogP contribution >= 0.6 is 34.3 Å². The Labute approximate surface area is 275 Å². The lowest BCUT2D eigenvalue weighted by Crippen LogP contribution is -2.49. The van der Waals surface area contributed by atoms with E-state index in [1.54, 1.807) is 13.2 Å². The highest BCUT2D eigenvalue weighted by Crippen LogP contribution is 2.48. The Bertz CT molecular complexity index is 1700. The molecule has 21 heteroatoms. The second-order valence-corrected chi connectivity index (χ2v) is 19.1. The van der Waals surface area contributed by atoms with E-state index in [9.17, 15) is 25.3 Å². The fraction of sp³-hybridized carbons (Fsp3) is 0.667. The van der Waals surface area contributed by atoms with Crippen LogP contribution in [0.4, 0.5) is 0 Å². The molecule has 2 saturated heterocycles. The number of halogens is 1. The Balaban J connectivity index is 0.000000179.